The third-order valence-electron chi connectivity index (χ3n) is 18.7. The minimum Gasteiger partial charge on any atom is -0.460 e. The van der Waals surface area contributed by atoms with Crippen LogP contribution in [0.25, 0.3) is 0 Å². The Bertz CT molecular complexity index is 1830. The number of ether oxygens (including phenoxy) is 5. The minimum atomic E-state index is -0.842. The second-order valence-corrected chi connectivity index (χ2v) is 25.8. The maximum absolute atomic E-state index is 12.6. The maximum Gasteiger partial charge on any atom is 0.312 e. The Morgan fingerprint density at radius 3 is 1.78 bits per heavy atom. The monoisotopic (exact) mass is 957 g/mol. The number of hydrogen-bond acceptors (Lipinski definition) is 12. The Labute approximate surface area is 409 Å². The van der Waals surface area contributed by atoms with Gasteiger partial charge in [0.15, 0.2) is 0 Å². The summed E-state index contributed by atoms with van der Waals surface area (Å²) in [5.74, 6) is 3.78. The lowest BCUT2D eigenvalue weighted by Gasteiger charge is -2.62. The Morgan fingerprint density at radius 2 is 1.25 bits per heavy atom. The number of rotatable bonds is 12. The zero-order chi connectivity index (χ0) is 50.6. The molecule has 14 atom stereocenters. The summed E-state index contributed by atoms with van der Waals surface area (Å²) in [5, 5.41) is 21.3. The molecule has 10 aliphatic rings. The van der Waals surface area contributed by atoms with Crippen molar-refractivity contribution < 1.29 is 57.9 Å². The van der Waals surface area contributed by atoms with Crippen molar-refractivity contribution in [3.05, 3.63) is 0 Å². The van der Waals surface area contributed by atoms with Crippen molar-refractivity contribution in [2.75, 3.05) is 0 Å². The van der Waals surface area contributed by atoms with Crippen molar-refractivity contribution in [2.45, 2.75) is 253 Å². The van der Waals surface area contributed by atoms with Gasteiger partial charge in [-0.05, 0) is 162 Å². The molecule has 0 radical (unpaired) electrons. The van der Waals surface area contributed by atoms with Gasteiger partial charge in [-0.3, -0.25) is 24.0 Å². The average molecular weight is 957 g/mol. The average Bonchev–Trinajstić information content (AvgIpc) is 4.10. The van der Waals surface area contributed by atoms with E-state index in [4.69, 9.17) is 23.7 Å². The summed E-state index contributed by atoms with van der Waals surface area (Å²) in [6, 6.07) is 0. The molecule has 0 aromatic rings. The molecule has 2 N–H and O–H groups in total. The van der Waals surface area contributed by atoms with E-state index in [2.05, 4.69) is 13.8 Å². The van der Waals surface area contributed by atoms with Gasteiger partial charge in [0.1, 0.15) is 29.0 Å². The van der Waals surface area contributed by atoms with E-state index in [-0.39, 0.29) is 82.3 Å². The highest BCUT2D eigenvalue weighted by molar-refractivity contribution is 5.78. The second kappa shape index (κ2) is 20.1. The van der Waals surface area contributed by atoms with Crippen molar-refractivity contribution in [1.82, 2.24) is 0 Å². The molecule has 8 bridgehead atoms. The molecule has 0 spiro atoms. The third-order valence-corrected chi connectivity index (χ3v) is 18.7. The van der Waals surface area contributed by atoms with Crippen LogP contribution in [0.3, 0.4) is 0 Å². The molecule has 1 saturated heterocycles. The molecule has 0 amide bonds. The van der Waals surface area contributed by atoms with E-state index in [1.165, 1.54) is 25.7 Å². The van der Waals surface area contributed by atoms with E-state index in [0.717, 1.165) is 88.4 Å². The Balaban J connectivity index is 0.000000153. The smallest absolute Gasteiger partial charge is 0.312 e. The molecule has 12 heteroatoms. The van der Waals surface area contributed by atoms with Gasteiger partial charge >= 0.3 is 29.8 Å². The van der Waals surface area contributed by atoms with Crippen molar-refractivity contribution in [1.29, 1.82) is 0 Å². The Kier molecular flexibility index (Phi) is 16.1. The van der Waals surface area contributed by atoms with E-state index in [9.17, 15) is 34.2 Å². The molecule has 0 aromatic heterocycles. The molecule has 388 valence electrons. The standard InChI is InChI=1S/C18H30O2.C16H26O4.C13H18O4.C9H18O2/c1-5-17(3,4)16(19)20-18(6-2)11-12-10-15(18)14-9-7-8-13(12)14;1-4-13(2,3)12(17)20-16-7-11-5-14(18,9-16)8-15(19,6-11)10-16;1-3-6(2)12(14)16-10-7-4-8-9(5-7)13(15)17-11(8)10;1-6-7(2)8(10)11-9(3,4)5/h12-15H,5-11H2,1-4H3;11,18-19H,4-10H2,1-3H3;6-11H,3-5H2,1-2H3;7H,6H2,1-5H3. The van der Waals surface area contributed by atoms with Crippen LogP contribution in [0, 0.1) is 70.0 Å². The van der Waals surface area contributed by atoms with E-state index >= 15 is 0 Å². The molecule has 68 heavy (non-hydrogen) atoms. The lowest BCUT2D eigenvalue weighted by atomic mass is 9.50. The summed E-state index contributed by atoms with van der Waals surface area (Å²) < 4.78 is 28.1. The van der Waals surface area contributed by atoms with Crippen LogP contribution in [-0.2, 0) is 47.7 Å². The van der Waals surface area contributed by atoms with Gasteiger partial charge in [-0.15, -0.1) is 0 Å². The molecule has 10 rings (SSSR count). The number of carbonyl (C=O) groups excluding carboxylic acids is 5. The SMILES string of the molecule is CCC(C)(C)C(=O)OC1(CC)CC2CC1C1CCCC21.CCC(C)(C)C(=O)OC12CC3CC(O)(CC(O)(C3)C1)C2.CCC(C)C(=O)OC(C)(C)C.CCC(C)C(=O)OC1C2CC3C(=O)OC1C3C2. The van der Waals surface area contributed by atoms with Gasteiger partial charge in [0, 0.05) is 37.0 Å². The minimum absolute atomic E-state index is 0.0224. The summed E-state index contributed by atoms with van der Waals surface area (Å²) in [6.07, 6.45) is 16.1. The van der Waals surface area contributed by atoms with Crippen LogP contribution in [0.5, 0.6) is 0 Å². The number of fused-ring (bicyclic) bond motifs is 6. The fourth-order valence-electron chi connectivity index (χ4n) is 14.2. The lowest BCUT2D eigenvalue weighted by Crippen LogP contribution is -2.67. The molecule has 0 aromatic carbocycles. The molecule has 12 nitrogen and oxygen atoms in total. The summed E-state index contributed by atoms with van der Waals surface area (Å²) in [6.45, 7) is 27.4. The number of carbonyl (C=O) groups is 5. The first-order chi connectivity index (χ1) is 31.5. The lowest BCUT2D eigenvalue weighted by molar-refractivity contribution is -0.264. The molecule has 9 aliphatic carbocycles. The van der Waals surface area contributed by atoms with Gasteiger partial charge in [-0.25, -0.2) is 0 Å². The van der Waals surface area contributed by atoms with Gasteiger partial charge in [0.2, 0.25) is 0 Å². The summed E-state index contributed by atoms with van der Waals surface area (Å²) >= 11 is 0. The van der Waals surface area contributed by atoms with Crippen LogP contribution in [-0.4, -0.2) is 80.3 Å². The third kappa shape index (κ3) is 11.3. The fraction of sp³-hybridized carbons (Fsp3) is 0.911. The first-order valence-corrected chi connectivity index (χ1v) is 27.1. The van der Waals surface area contributed by atoms with Crippen LogP contribution >= 0.6 is 0 Å². The zero-order valence-electron chi connectivity index (χ0n) is 44.6. The normalized spacial score (nSPS) is 39.5. The van der Waals surface area contributed by atoms with Gasteiger partial charge in [0.25, 0.3) is 0 Å². The first kappa shape index (κ1) is 54.6. The van der Waals surface area contributed by atoms with E-state index < -0.39 is 22.2 Å². The predicted molar refractivity (Wildman–Crippen MR) is 258 cm³/mol. The van der Waals surface area contributed by atoms with Crippen LogP contribution in [0.4, 0.5) is 0 Å². The van der Waals surface area contributed by atoms with Crippen molar-refractivity contribution in [3.63, 3.8) is 0 Å². The van der Waals surface area contributed by atoms with Gasteiger partial charge < -0.3 is 33.9 Å². The molecule has 14 unspecified atom stereocenters. The Hall–Kier alpha value is -2.73. The summed E-state index contributed by atoms with van der Waals surface area (Å²) in [5.41, 5.74) is -3.64. The topological polar surface area (TPSA) is 172 Å². The molecule has 1 heterocycles. The second-order valence-electron chi connectivity index (χ2n) is 25.8. The van der Waals surface area contributed by atoms with Gasteiger partial charge in [0.05, 0.1) is 39.8 Å². The van der Waals surface area contributed by atoms with Crippen molar-refractivity contribution in [3.8, 4) is 0 Å². The van der Waals surface area contributed by atoms with E-state index in [1.54, 1.807) is 0 Å². The van der Waals surface area contributed by atoms with Crippen molar-refractivity contribution in [2.24, 2.45) is 70.0 Å². The summed E-state index contributed by atoms with van der Waals surface area (Å²) in [7, 11) is 0. The predicted octanol–water partition coefficient (Wildman–Crippen LogP) is 10.6. The summed E-state index contributed by atoms with van der Waals surface area (Å²) in [4.78, 5) is 59.5. The van der Waals surface area contributed by atoms with Crippen LogP contribution in [0.15, 0.2) is 0 Å². The Morgan fingerprint density at radius 1 is 0.691 bits per heavy atom. The van der Waals surface area contributed by atoms with Crippen LogP contribution in [0.2, 0.25) is 0 Å². The maximum atomic E-state index is 12.6. The quantitative estimate of drug-likeness (QED) is 0.140. The van der Waals surface area contributed by atoms with E-state index in [1.807, 2.05) is 83.1 Å². The molecule has 1 aliphatic heterocycles. The van der Waals surface area contributed by atoms with E-state index in [0.29, 0.717) is 37.0 Å². The van der Waals surface area contributed by atoms with Gasteiger partial charge in [-0.1, -0.05) is 54.9 Å². The highest BCUT2D eigenvalue weighted by atomic mass is 16.6. The highest BCUT2D eigenvalue weighted by Crippen LogP contribution is 2.65. The molecule has 9 saturated carbocycles. The zero-order valence-corrected chi connectivity index (χ0v) is 44.6. The van der Waals surface area contributed by atoms with Crippen molar-refractivity contribution >= 4 is 29.8 Å². The van der Waals surface area contributed by atoms with Gasteiger partial charge in [-0.2, -0.15) is 0 Å². The van der Waals surface area contributed by atoms with Crippen LogP contribution in [0.1, 0.15) is 213 Å². The number of aliphatic hydroxyl groups is 2. The first-order valence-electron chi connectivity index (χ1n) is 27.1. The number of hydrogen-bond donors (Lipinski definition) is 2. The number of esters is 5. The largest absolute Gasteiger partial charge is 0.460 e. The molecule has 10 fully saturated rings. The molecular formula is C56H92O12. The molecular weight excluding hydrogens is 865 g/mol. The highest BCUT2D eigenvalue weighted by Gasteiger charge is 2.66. The fourth-order valence-corrected chi connectivity index (χ4v) is 14.2. The van der Waals surface area contributed by atoms with Crippen LogP contribution < -0.4 is 0 Å².